The molecule has 0 amide bonds. The van der Waals surface area contributed by atoms with Crippen LogP contribution in [0, 0.1) is 6.92 Å². The number of methoxy groups -OCH3 is 1. The third-order valence-corrected chi connectivity index (χ3v) is 5.80. The first-order valence-corrected chi connectivity index (χ1v) is 10.1. The summed E-state index contributed by atoms with van der Waals surface area (Å²) in [6.07, 6.45) is 2.44. The Morgan fingerprint density at radius 3 is 2.43 bits per heavy atom. The minimum absolute atomic E-state index is 0.555. The van der Waals surface area contributed by atoms with E-state index in [0.717, 1.165) is 49.1 Å². The van der Waals surface area contributed by atoms with Crippen molar-refractivity contribution in [3.8, 4) is 5.75 Å². The van der Waals surface area contributed by atoms with Crippen molar-refractivity contribution in [2.45, 2.75) is 25.7 Å². The average Bonchev–Trinajstić information content (AvgIpc) is 3.58. The van der Waals surface area contributed by atoms with Crippen molar-refractivity contribution in [3.05, 3.63) is 53.9 Å². The summed E-state index contributed by atoms with van der Waals surface area (Å²) < 4.78 is 5.55. The van der Waals surface area contributed by atoms with E-state index in [-0.39, 0.29) is 0 Å². The van der Waals surface area contributed by atoms with Gasteiger partial charge in [0.15, 0.2) is 0 Å². The van der Waals surface area contributed by atoms with Gasteiger partial charge in [0.05, 0.1) is 18.3 Å². The maximum atomic E-state index is 5.55. The summed E-state index contributed by atoms with van der Waals surface area (Å²) in [7, 11) is 1.74. The smallest absolute Gasteiger partial charge is 0.142 e. The minimum atomic E-state index is 0.555. The molecule has 5 rings (SSSR count). The maximum Gasteiger partial charge on any atom is 0.142 e. The van der Waals surface area contributed by atoms with Crippen molar-refractivity contribution >= 4 is 22.4 Å². The van der Waals surface area contributed by atoms with Gasteiger partial charge in [-0.15, -0.1) is 0 Å². The molecule has 1 saturated carbocycles. The van der Waals surface area contributed by atoms with Gasteiger partial charge < -0.3 is 14.5 Å². The highest BCUT2D eigenvalue weighted by atomic mass is 16.5. The zero-order valence-electron chi connectivity index (χ0n) is 16.6. The first-order chi connectivity index (χ1) is 13.7. The van der Waals surface area contributed by atoms with E-state index in [9.17, 15) is 0 Å². The molecule has 0 atom stereocenters. The van der Waals surface area contributed by atoms with Gasteiger partial charge in [0.2, 0.25) is 0 Å². The first kappa shape index (κ1) is 17.3. The van der Waals surface area contributed by atoms with E-state index in [2.05, 4.69) is 47.1 Å². The number of aryl methyl sites for hydroxylation is 1. The number of rotatable bonds is 4. The number of aromatic nitrogens is 2. The molecule has 0 spiro atoms. The van der Waals surface area contributed by atoms with Crippen molar-refractivity contribution in [2.24, 2.45) is 0 Å². The van der Waals surface area contributed by atoms with Gasteiger partial charge in [-0.2, -0.15) is 0 Å². The topological polar surface area (TPSA) is 41.5 Å². The molecule has 5 nitrogen and oxygen atoms in total. The quantitative estimate of drug-likeness (QED) is 0.686. The van der Waals surface area contributed by atoms with E-state index < -0.39 is 0 Å². The Morgan fingerprint density at radius 2 is 1.68 bits per heavy atom. The van der Waals surface area contributed by atoms with Gasteiger partial charge in [-0.1, -0.05) is 23.8 Å². The minimum Gasteiger partial charge on any atom is -0.495 e. The van der Waals surface area contributed by atoms with Crippen molar-refractivity contribution in [3.63, 3.8) is 0 Å². The van der Waals surface area contributed by atoms with Crippen LogP contribution in [-0.2, 0) is 0 Å². The van der Waals surface area contributed by atoms with Crippen LogP contribution in [0.2, 0.25) is 0 Å². The summed E-state index contributed by atoms with van der Waals surface area (Å²) >= 11 is 0. The molecule has 28 heavy (non-hydrogen) atoms. The summed E-state index contributed by atoms with van der Waals surface area (Å²) in [5.41, 5.74) is 3.50. The lowest BCUT2D eigenvalue weighted by atomic mass is 10.1. The molecular formula is C23H26N4O. The van der Waals surface area contributed by atoms with Gasteiger partial charge in [0, 0.05) is 37.5 Å². The van der Waals surface area contributed by atoms with Gasteiger partial charge in [0.1, 0.15) is 17.4 Å². The van der Waals surface area contributed by atoms with Crippen LogP contribution in [-0.4, -0.2) is 43.3 Å². The fourth-order valence-electron chi connectivity index (χ4n) is 4.06. The Kier molecular flexibility index (Phi) is 4.30. The highest BCUT2D eigenvalue weighted by Gasteiger charge is 2.29. The van der Waals surface area contributed by atoms with E-state index in [1.54, 1.807) is 7.11 Å². The van der Waals surface area contributed by atoms with Crippen LogP contribution in [0.15, 0.2) is 42.5 Å². The predicted octanol–water partition coefficient (Wildman–Crippen LogP) is 4.15. The number of fused-ring (bicyclic) bond motifs is 1. The van der Waals surface area contributed by atoms with Crippen molar-refractivity contribution in [1.29, 1.82) is 0 Å². The number of nitrogens with zero attached hydrogens (tertiary/aromatic N) is 4. The van der Waals surface area contributed by atoms with Crippen LogP contribution in [0.25, 0.3) is 10.9 Å². The molecule has 2 fully saturated rings. The van der Waals surface area contributed by atoms with Crippen LogP contribution in [0.4, 0.5) is 11.5 Å². The van der Waals surface area contributed by atoms with Crippen molar-refractivity contribution < 1.29 is 4.74 Å². The third-order valence-electron chi connectivity index (χ3n) is 5.80. The number of para-hydroxylation sites is 2. The van der Waals surface area contributed by atoms with Crippen LogP contribution in [0.5, 0.6) is 5.75 Å². The molecule has 144 valence electrons. The van der Waals surface area contributed by atoms with Crippen molar-refractivity contribution in [2.75, 3.05) is 43.1 Å². The van der Waals surface area contributed by atoms with Gasteiger partial charge in [0.25, 0.3) is 0 Å². The second-order valence-corrected chi connectivity index (χ2v) is 7.85. The molecule has 3 aromatic rings. The monoisotopic (exact) mass is 374 g/mol. The lowest BCUT2D eigenvalue weighted by Gasteiger charge is -2.37. The highest BCUT2D eigenvalue weighted by molar-refractivity contribution is 5.90. The average molecular weight is 374 g/mol. The van der Waals surface area contributed by atoms with Gasteiger partial charge in [-0.25, -0.2) is 9.97 Å². The summed E-state index contributed by atoms with van der Waals surface area (Å²) in [4.78, 5) is 14.7. The SMILES string of the molecule is COc1ccccc1N1CCN(c2nc(C3CC3)nc3ccc(C)cc23)CC1. The Labute approximate surface area is 166 Å². The molecule has 0 bridgehead atoms. The Bertz CT molecular complexity index is 1010. The fourth-order valence-corrected chi connectivity index (χ4v) is 4.06. The lowest BCUT2D eigenvalue weighted by Crippen LogP contribution is -2.47. The Morgan fingerprint density at radius 1 is 0.929 bits per heavy atom. The molecule has 1 aliphatic heterocycles. The Hall–Kier alpha value is -2.82. The number of hydrogen-bond acceptors (Lipinski definition) is 5. The van der Waals surface area contributed by atoms with E-state index in [1.807, 2.05) is 12.1 Å². The lowest BCUT2D eigenvalue weighted by molar-refractivity contribution is 0.413. The number of benzene rings is 2. The van der Waals surface area contributed by atoms with Gasteiger partial charge in [-0.3, -0.25) is 0 Å². The summed E-state index contributed by atoms with van der Waals surface area (Å²) in [5.74, 6) is 3.63. The van der Waals surface area contributed by atoms with Crippen molar-refractivity contribution in [1.82, 2.24) is 9.97 Å². The number of ether oxygens (including phenoxy) is 1. The number of hydrogen-bond donors (Lipinski definition) is 0. The molecule has 1 saturated heterocycles. The molecule has 0 radical (unpaired) electrons. The number of anilines is 2. The summed E-state index contributed by atoms with van der Waals surface area (Å²) in [6.45, 7) is 5.94. The second kappa shape index (κ2) is 6.97. The molecule has 2 aromatic carbocycles. The van der Waals surface area contributed by atoms with Crippen LogP contribution >= 0.6 is 0 Å². The molecular weight excluding hydrogens is 348 g/mol. The van der Waals surface area contributed by atoms with E-state index in [1.165, 1.54) is 29.5 Å². The fraction of sp³-hybridized carbons (Fsp3) is 0.391. The molecule has 1 aromatic heterocycles. The molecule has 2 aliphatic rings. The summed E-state index contributed by atoms with van der Waals surface area (Å²) in [6, 6.07) is 14.8. The first-order valence-electron chi connectivity index (χ1n) is 10.1. The molecule has 5 heteroatoms. The van der Waals surface area contributed by atoms with Gasteiger partial charge in [-0.05, 0) is 44.0 Å². The van der Waals surface area contributed by atoms with Crippen LogP contribution in [0.3, 0.4) is 0 Å². The van der Waals surface area contributed by atoms with Crippen LogP contribution < -0.4 is 14.5 Å². The maximum absolute atomic E-state index is 5.55. The molecule has 0 unspecified atom stereocenters. The van der Waals surface area contributed by atoms with E-state index in [4.69, 9.17) is 14.7 Å². The number of piperazine rings is 1. The molecule has 0 N–H and O–H groups in total. The van der Waals surface area contributed by atoms with E-state index in [0.29, 0.717) is 5.92 Å². The summed E-state index contributed by atoms with van der Waals surface area (Å²) in [5, 5.41) is 1.18. The van der Waals surface area contributed by atoms with Gasteiger partial charge >= 0.3 is 0 Å². The predicted molar refractivity (Wildman–Crippen MR) is 114 cm³/mol. The highest BCUT2D eigenvalue weighted by Crippen LogP contribution is 2.40. The molecule has 1 aliphatic carbocycles. The third kappa shape index (κ3) is 3.15. The van der Waals surface area contributed by atoms with E-state index >= 15 is 0 Å². The normalized spacial score (nSPS) is 17.2. The standard InChI is InChI=1S/C23H26N4O/c1-16-7-10-19-18(15-16)23(25-22(24-19)17-8-9-17)27-13-11-26(12-14-27)20-5-3-4-6-21(20)28-2/h3-7,10,15,17H,8-9,11-14H2,1-2H3. The Balaban J connectivity index is 1.44. The molecule has 2 heterocycles. The largest absolute Gasteiger partial charge is 0.495 e. The zero-order chi connectivity index (χ0) is 19.1. The van der Waals surface area contributed by atoms with Crippen LogP contribution in [0.1, 0.15) is 30.1 Å². The second-order valence-electron chi connectivity index (χ2n) is 7.85. The zero-order valence-corrected chi connectivity index (χ0v) is 16.6.